The maximum atomic E-state index is 13.0. The number of hydrogen-bond donors (Lipinski definition) is 2. The van der Waals surface area contributed by atoms with Crippen LogP contribution in [-0.2, 0) is 11.0 Å². The van der Waals surface area contributed by atoms with Gasteiger partial charge < -0.3 is 10.6 Å². The minimum Gasteiger partial charge on any atom is -0.368 e. The number of nitrogens with one attached hydrogen (secondary N) is 2. The van der Waals surface area contributed by atoms with E-state index in [0.717, 1.165) is 17.2 Å². The first-order chi connectivity index (χ1) is 14.4. The highest BCUT2D eigenvalue weighted by atomic mass is 19.4. The van der Waals surface area contributed by atoms with Crippen molar-refractivity contribution in [2.75, 3.05) is 18.4 Å². The van der Waals surface area contributed by atoms with Crippen molar-refractivity contribution in [1.29, 1.82) is 0 Å². The zero-order chi connectivity index (χ0) is 21.4. The fraction of sp³-hybridized carbons (Fsp3) is 0.217. The van der Waals surface area contributed by atoms with Crippen LogP contribution in [0, 0.1) is 0 Å². The number of amides is 1. The molecule has 0 bridgehead atoms. The second-order valence-corrected chi connectivity index (χ2v) is 6.75. The predicted octanol–water partition coefficient (Wildman–Crippen LogP) is 4.85. The Hall–Kier alpha value is -3.35. The van der Waals surface area contributed by atoms with E-state index in [-0.39, 0.29) is 37.2 Å². The van der Waals surface area contributed by atoms with Gasteiger partial charge >= 0.3 is 6.18 Å². The van der Waals surface area contributed by atoms with Gasteiger partial charge in [-0.2, -0.15) is 13.2 Å². The van der Waals surface area contributed by atoms with Gasteiger partial charge in [0.2, 0.25) is 5.91 Å². The van der Waals surface area contributed by atoms with Crippen molar-refractivity contribution in [1.82, 2.24) is 10.3 Å². The summed E-state index contributed by atoms with van der Waals surface area (Å²) < 4.78 is 39.0. The molecule has 0 aliphatic heterocycles. The average molecular weight is 413 g/mol. The minimum atomic E-state index is -4.49. The van der Waals surface area contributed by atoms with E-state index in [1.807, 2.05) is 60.7 Å². The van der Waals surface area contributed by atoms with Gasteiger partial charge in [0.15, 0.2) is 0 Å². The number of aromatic nitrogens is 1. The highest BCUT2D eigenvalue weighted by Gasteiger charge is 2.33. The van der Waals surface area contributed by atoms with Crippen LogP contribution in [0.1, 0.15) is 29.0 Å². The minimum absolute atomic E-state index is 0.104. The molecule has 0 spiro atoms. The number of alkyl halides is 3. The molecule has 2 aromatic carbocycles. The van der Waals surface area contributed by atoms with Crippen molar-refractivity contribution in [3.63, 3.8) is 0 Å². The second kappa shape index (κ2) is 9.91. The number of carbonyl (C=O) groups is 1. The lowest BCUT2D eigenvalue weighted by atomic mass is 9.88. The molecule has 0 unspecified atom stereocenters. The molecule has 0 radical (unpaired) electrons. The van der Waals surface area contributed by atoms with E-state index in [4.69, 9.17) is 0 Å². The maximum absolute atomic E-state index is 13.0. The molecule has 0 saturated carbocycles. The first-order valence-corrected chi connectivity index (χ1v) is 9.58. The largest absolute Gasteiger partial charge is 0.419 e. The Kier molecular flexibility index (Phi) is 7.06. The van der Waals surface area contributed by atoms with E-state index in [0.29, 0.717) is 0 Å². The number of benzene rings is 2. The fourth-order valence-electron chi connectivity index (χ4n) is 3.21. The van der Waals surface area contributed by atoms with Crippen molar-refractivity contribution >= 4 is 11.7 Å². The quantitative estimate of drug-likeness (QED) is 0.519. The van der Waals surface area contributed by atoms with E-state index < -0.39 is 11.7 Å². The van der Waals surface area contributed by atoms with Gasteiger partial charge in [0.25, 0.3) is 0 Å². The summed E-state index contributed by atoms with van der Waals surface area (Å²) in [7, 11) is 0. The molecule has 30 heavy (non-hydrogen) atoms. The summed E-state index contributed by atoms with van der Waals surface area (Å²) in [6.45, 7) is 0.316. The molecule has 2 N–H and O–H groups in total. The highest BCUT2D eigenvalue weighted by Crippen LogP contribution is 2.33. The molecule has 0 atom stereocenters. The zero-order valence-electron chi connectivity index (χ0n) is 16.2. The van der Waals surface area contributed by atoms with Crippen LogP contribution in [0.2, 0.25) is 0 Å². The summed E-state index contributed by atoms with van der Waals surface area (Å²) >= 11 is 0. The highest BCUT2D eigenvalue weighted by molar-refractivity contribution is 5.77. The number of nitrogens with zero attached hydrogens (tertiary/aromatic N) is 1. The summed E-state index contributed by atoms with van der Waals surface area (Å²) in [6, 6.07) is 21.7. The number of hydrogen-bond acceptors (Lipinski definition) is 3. The molecular weight excluding hydrogens is 391 g/mol. The lowest BCUT2D eigenvalue weighted by molar-refractivity contribution is -0.137. The lowest BCUT2D eigenvalue weighted by Gasteiger charge is -2.18. The normalized spacial score (nSPS) is 11.3. The number of carbonyl (C=O) groups excluding carboxylic acids is 1. The number of rotatable bonds is 8. The van der Waals surface area contributed by atoms with Gasteiger partial charge in [-0.25, -0.2) is 4.98 Å². The van der Waals surface area contributed by atoms with Crippen molar-refractivity contribution in [3.8, 4) is 0 Å². The van der Waals surface area contributed by atoms with Gasteiger partial charge in [0.1, 0.15) is 5.82 Å². The maximum Gasteiger partial charge on any atom is 0.419 e. The fourth-order valence-corrected chi connectivity index (χ4v) is 3.21. The van der Waals surface area contributed by atoms with E-state index in [1.165, 1.54) is 12.3 Å². The van der Waals surface area contributed by atoms with Crippen molar-refractivity contribution in [2.24, 2.45) is 0 Å². The molecule has 1 amide bonds. The van der Waals surface area contributed by atoms with E-state index >= 15 is 0 Å². The topological polar surface area (TPSA) is 54.0 Å². The molecule has 0 fully saturated rings. The third-order valence-corrected chi connectivity index (χ3v) is 4.65. The first kappa shape index (κ1) is 21.4. The molecule has 0 aliphatic carbocycles. The van der Waals surface area contributed by atoms with Crippen LogP contribution in [-0.4, -0.2) is 24.0 Å². The van der Waals surface area contributed by atoms with Crippen LogP contribution >= 0.6 is 0 Å². The van der Waals surface area contributed by atoms with Crippen LogP contribution in [0.5, 0.6) is 0 Å². The predicted molar refractivity (Wildman–Crippen MR) is 110 cm³/mol. The van der Waals surface area contributed by atoms with Crippen LogP contribution in [0.3, 0.4) is 0 Å². The summed E-state index contributed by atoms with van der Waals surface area (Å²) in [5.74, 6) is -0.523. The molecule has 0 aliphatic rings. The van der Waals surface area contributed by atoms with Crippen molar-refractivity contribution in [2.45, 2.75) is 18.5 Å². The lowest BCUT2D eigenvalue weighted by Crippen LogP contribution is -2.30. The molecular formula is C23H22F3N3O. The monoisotopic (exact) mass is 413 g/mol. The summed E-state index contributed by atoms with van der Waals surface area (Å²) in [4.78, 5) is 16.2. The van der Waals surface area contributed by atoms with Gasteiger partial charge in [-0.05, 0) is 23.3 Å². The second-order valence-electron chi connectivity index (χ2n) is 6.75. The van der Waals surface area contributed by atoms with Crippen molar-refractivity contribution < 1.29 is 18.0 Å². The van der Waals surface area contributed by atoms with Gasteiger partial charge in [-0.15, -0.1) is 0 Å². The third-order valence-electron chi connectivity index (χ3n) is 4.65. The Balaban J connectivity index is 1.57. The number of anilines is 1. The summed E-state index contributed by atoms with van der Waals surface area (Å²) in [6.07, 6.45) is -2.95. The third kappa shape index (κ3) is 5.83. The summed E-state index contributed by atoms with van der Waals surface area (Å²) in [5, 5.41) is 5.42. The van der Waals surface area contributed by atoms with Gasteiger partial charge in [0, 0.05) is 31.6 Å². The zero-order valence-corrected chi connectivity index (χ0v) is 16.2. The Morgan fingerprint density at radius 2 is 1.47 bits per heavy atom. The molecule has 3 aromatic rings. The molecule has 3 rings (SSSR count). The number of halogens is 3. The summed E-state index contributed by atoms with van der Waals surface area (Å²) in [5.41, 5.74) is 1.23. The molecule has 1 aromatic heterocycles. The Morgan fingerprint density at radius 3 is 2.03 bits per heavy atom. The first-order valence-electron chi connectivity index (χ1n) is 9.58. The smallest absolute Gasteiger partial charge is 0.368 e. The van der Waals surface area contributed by atoms with Crippen LogP contribution in [0.25, 0.3) is 0 Å². The molecule has 7 heteroatoms. The molecule has 1 heterocycles. The Bertz CT molecular complexity index is 907. The standard InChI is InChI=1S/C23H22F3N3O/c24-23(25,26)20-12-7-13-28-22(20)29-15-14-27-21(30)16-19(17-8-3-1-4-9-17)18-10-5-2-6-11-18/h1-13,19H,14-16H2,(H,27,30)(H,28,29). The van der Waals surface area contributed by atoms with Crippen LogP contribution in [0.15, 0.2) is 79.0 Å². The molecule has 0 saturated heterocycles. The van der Waals surface area contributed by atoms with Crippen LogP contribution < -0.4 is 10.6 Å². The Labute approximate surface area is 173 Å². The SMILES string of the molecule is O=C(CC(c1ccccc1)c1ccccc1)NCCNc1ncccc1C(F)(F)F. The van der Waals surface area contributed by atoms with Gasteiger partial charge in [0.05, 0.1) is 5.56 Å². The van der Waals surface area contributed by atoms with E-state index in [1.54, 1.807) is 0 Å². The van der Waals surface area contributed by atoms with Gasteiger partial charge in [-0.3, -0.25) is 4.79 Å². The van der Waals surface area contributed by atoms with Crippen LogP contribution in [0.4, 0.5) is 19.0 Å². The molecule has 156 valence electrons. The molecule has 4 nitrogen and oxygen atoms in total. The van der Waals surface area contributed by atoms with Gasteiger partial charge in [-0.1, -0.05) is 60.7 Å². The van der Waals surface area contributed by atoms with E-state index in [9.17, 15) is 18.0 Å². The average Bonchev–Trinajstić information content (AvgIpc) is 2.76. The van der Waals surface area contributed by atoms with E-state index in [2.05, 4.69) is 15.6 Å². The number of pyridine rings is 1. The van der Waals surface area contributed by atoms with Crippen molar-refractivity contribution in [3.05, 3.63) is 95.7 Å². The Morgan fingerprint density at radius 1 is 0.867 bits per heavy atom.